The summed E-state index contributed by atoms with van der Waals surface area (Å²) in [5.41, 5.74) is -0.0985. The molecular weight excluding hydrogens is 274 g/mol. The molecule has 0 bridgehead atoms. The average molecular weight is 280 g/mol. The van der Waals surface area contributed by atoms with Crippen LogP contribution in [-0.2, 0) is 0 Å². The highest BCUT2D eigenvalue weighted by atomic mass is 35.5. The van der Waals surface area contributed by atoms with Gasteiger partial charge in [0.15, 0.2) is 11.5 Å². The van der Waals surface area contributed by atoms with Gasteiger partial charge in [0.2, 0.25) is 0 Å². The van der Waals surface area contributed by atoms with E-state index in [1.165, 1.54) is 24.3 Å². The molecule has 0 saturated carbocycles. The molecule has 1 aromatic carbocycles. The molecule has 7 nitrogen and oxygen atoms in total. The number of aromatic carboxylic acids is 1. The van der Waals surface area contributed by atoms with Crippen molar-refractivity contribution in [2.75, 3.05) is 0 Å². The lowest BCUT2D eigenvalue weighted by Gasteiger charge is -2.02. The highest BCUT2D eigenvalue weighted by molar-refractivity contribution is 6.29. The van der Waals surface area contributed by atoms with Crippen LogP contribution < -0.4 is 0 Å². The van der Waals surface area contributed by atoms with Crippen molar-refractivity contribution in [3.8, 4) is 11.4 Å². The molecule has 0 amide bonds. The second kappa shape index (κ2) is 4.99. The van der Waals surface area contributed by atoms with E-state index in [1.807, 2.05) is 0 Å². The van der Waals surface area contributed by atoms with E-state index in [1.54, 1.807) is 0 Å². The van der Waals surface area contributed by atoms with Gasteiger partial charge in [-0.3, -0.25) is 10.1 Å². The summed E-state index contributed by atoms with van der Waals surface area (Å²) in [5, 5.41) is 19.5. The van der Waals surface area contributed by atoms with Gasteiger partial charge in [-0.15, -0.1) is 0 Å². The number of carboxylic acid groups (broad SMARTS) is 1. The van der Waals surface area contributed by atoms with E-state index in [4.69, 9.17) is 16.7 Å². The van der Waals surface area contributed by atoms with Crippen LogP contribution in [0.2, 0.25) is 5.15 Å². The number of nitro benzene ring substituents is 1. The number of benzene rings is 1. The number of nitro groups is 1. The molecule has 0 saturated heterocycles. The predicted octanol–water partition coefficient (Wildman–Crippen LogP) is 2.40. The van der Waals surface area contributed by atoms with Gasteiger partial charge in [0.25, 0.3) is 5.69 Å². The van der Waals surface area contributed by atoms with Crippen LogP contribution in [0.3, 0.4) is 0 Å². The summed E-state index contributed by atoms with van der Waals surface area (Å²) in [6.45, 7) is 0. The minimum atomic E-state index is -1.25. The van der Waals surface area contributed by atoms with Crippen molar-refractivity contribution >= 4 is 23.3 Å². The van der Waals surface area contributed by atoms with Gasteiger partial charge in [-0.1, -0.05) is 23.7 Å². The Balaban J connectivity index is 2.55. The SMILES string of the molecule is O=C(O)c1cc(Cl)nc(-c2cccc([N+](=O)[O-])c2)n1. The van der Waals surface area contributed by atoms with Crippen molar-refractivity contribution in [1.29, 1.82) is 0 Å². The van der Waals surface area contributed by atoms with E-state index in [-0.39, 0.29) is 22.4 Å². The number of carbonyl (C=O) groups is 1. The smallest absolute Gasteiger partial charge is 0.354 e. The molecule has 1 N–H and O–H groups in total. The van der Waals surface area contributed by atoms with E-state index in [0.717, 1.165) is 6.07 Å². The van der Waals surface area contributed by atoms with Crippen LogP contribution in [0.4, 0.5) is 5.69 Å². The van der Waals surface area contributed by atoms with Crippen molar-refractivity contribution in [2.24, 2.45) is 0 Å². The molecule has 2 aromatic rings. The third-order valence-corrected chi connectivity index (χ3v) is 2.42. The standard InChI is InChI=1S/C11H6ClN3O4/c12-9-5-8(11(16)17)13-10(14-9)6-2-1-3-7(4-6)15(18)19/h1-5H,(H,16,17). The van der Waals surface area contributed by atoms with Crippen LogP contribution in [0, 0.1) is 10.1 Å². The third kappa shape index (κ3) is 2.83. The first-order valence-corrected chi connectivity index (χ1v) is 5.38. The second-order valence-corrected chi connectivity index (χ2v) is 3.90. The van der Waals surface area contributed by atoms with Crippen molar-refractivity contribution in [2.45, 2.75) is 0 Å². The van der Waals surface area contributed by atoms with E-state index < -0.39 is 10.9 Å². The molecular formula is C11H6ClN3O4. The molecule has 2 rings (SSSR count). The molecule has 1 aromatic heterocycles. The summed E-state index contributed by atoms with van der Waals surface area (Å²) in [5.74, 6) is -1.23. The molecule has 0 unspecified atom stereocenters. The molecule has 0 aliphatic carbocycles. The zero-order valence-corrected chi connectivity index (χ0v) is 10.0. The monoisotopic (exact) mass is 279 g/mol. The maximum atomic E-state index is 10.9. The lowest BCUT2D eigenvalue weighted by molar-refractivity contribution is -0.384. The maximum absolute atomic E-state index is 10.9. The van der Waals surface area contributed by atoms with Crippen molar-refractivity contribution in [3.05, 3.63) is 51.3 Å². The Labute approximate surface area is 111 Å². The summed E-state index contributed by atoms with van der Waals surface area (Å²) < 4.78 is 0. The number of hydrogen-bond donors (Lipinski definition) is 1. The highest BCUT2D eigenvalue weighted by Gasteiger charge is 2.13. The normalized spacial score (nSPS) is 10.2. The lowest BCUT2D eigenvalue weighted by atomic mass is 10.2. The molecule has 1 heterocycles. The topological polar surface area (TPSA) is 106 Å². The van der Waals surface area contributed by atoms with Gasteiger partial charge < -0.3 is 5.11 Å². The van der Waals surface area contributed by atoms with Gasteiger partial charge in [-0.05, 0) is 0 Å². The summed E-state index contributed by atoms with van der Waals surface area (Å²) in [4.78, 5) is 28.6. The number of non-ortho nitro benzene ring substituents is 1. The summed E-state index contributed by atoms with van der Waals surface area (Å²) in [6, 6.07) is 6.65. The van der Waals surface area contributed by atoms with Crippen LogP contribution in [0.1, 0.15) is 10.5 Å². The largest absolute Gasteiger partial charge is 0.477 e. The van der Waals surface area contributed by atoms with Gasteiger partial charge in [-0.2, -0.15) is 0 Å². The van der Waals surface area contributed by atoms with Crippen molar-refractivity contribution < 1.29 is 14.8 Å². The van der Waals surface area contributed by atoms with Crippen LogP contribution in [0.25, 0.3) is 11.4 Å². The molecule has 8 heteroatoms. The van der Waals surface area contributed by atoms with E-state index in [2.05, 4.69) is 9.97 Å². The van der Waals surface area contributed by atoms with Crippen LogP contribution in [0.5, 0.6) is 0 Å². The van der Waals surface area contributed by atoms with Crippen LogP contribution >= 0.6 is 11.6 Å². The fourth-order valence-electron chi connectivity index (χ4n) is 1.41. The zero-order valence-electron chi connectivity index (χ0n) is 9.28. The number of nitrogens with zero attached hydrogens (tertiary/aromatic N) is 3. The van der Waals surface area contributed by atoms with Gasteiger partial charge >= 0.3 is 5.97 Å². The predicted molar refractivity (Wildman–Crippen MR) is 66.1 cm³/mol. The number of rotatable bonds is 3. The van der Waals surface area contributed by atoms with E-state index >= 15 is 0 Å². The summed E-state index contributed by atoms with van der Waals surface area (Å²) in [7, 11) is 0. The first-order valence-electron chi connectivity index (χ1n) is 5.00. The summed E-state index contributed by atoms with van der Waals surface area (Å²) in [6.07, 6.45) is 0. The zero-order chi connectivity index (χ0) is 14.0. The Kier molecular flexibility index (Phi) is 3.39. The number of halogens is 1. The first kappa shape index (κ1) is 12.9. The Morgan fingerprint density at radius 1 is 1.32 bits per heavy atom. The Hall–Kier alpha value is -2.54. The number of carboxylic acids is 1. The Bertz CT molecular complexity index is 675. The van der Waals surface area contributed by atoms with Crippen molar-refractivity contribution in [3.63, 3.8) is 0 Å². The first-order chi connectivity index (χ1) is 8.97. The quantitative estimate of drug-likeness (QED) is 0.525. The minimum absolute atomic E-state index is 0.0219. The Morgan fingerprint density at radius 3 is 2.68 bits per heavy atom. The fourth-order valence-corrected chi connectivity index (χ4v) is 1.60. The van der Waals surface area contributed by atoms with Crippen molar-refractivity contribution in [1.82, 2.24) is 9.97 Å². The molecule has 0 aliphatic rings. The van der Waals surface area contributed by atoms with Crippen LogP contribution in [0.15, 0.2) is 30.3 Å². The molecule has 0 aliphatic heterocycles. The fraction of sp³-hybridized carbons (Fsp3) is 0. The average Bonchev–Trinajstić information content (AvgIpc) is 2.38. The molecule has 19 heavy (non-hydrogen) atoms. The maximum Gasteiger partial charge on any atom is 0.354 e. The molecule has 0 spiro atoms. The number of aromatic nitrogens is 2. The van der Waals surface area contributed by atoms with E-state index in [9.17, 15) is 14.9 Å². The third-order valence-electron chi connectivity index (χ3n) is 2.23. The molecule has 0 fully saturated rings. The lowest BCUT2D eigenvalue weighted by Crippen LogP contribution is -2.03. The van der Waals surface area contributed by atoms with Gasteiger partial charge in [-0.25, -0.2) is 14.8 Å². The molecule has 0 atom stereocenters. The highest BCUT2D eigenvalue weighted by Crippen LogP contribution is 2.22. The second-order valence-electron chi connectivity index (χ2n) is 3.51. The van der Waals surface area contributed by atoms with Gasteiger partial charge in [0.05, 0.1) is 4.92 Å². The van der Waals surface area contributed by atoms with E-state index in [0.29, 0.717) is 5.56 Å². The number of hydrogen-bond acceptors (Lipinski definition) is 5. The Morgan fingerprint density at radius 2 is 2.05 bits per heavy atom. The molecule has 0 radical (unpaired) electrons. The summed E-state index contributed by atoms with van der Waals surface area (Å²) >= 11 is 5.70. The minimum Gasteiger partial charge on any atom is -0.477 e. The van der Waals surface area contributed by atoms with Gasteiger partial charge in [0.1, 0.15) is 5.15 Å². The van der Waals surface area contributed by atoms with Gasteiger partial charge in [0, 0.05) is 23.8 Å². The molecule has 96 valence electrons. The van der Waals surface area contributed by atoms with Crippen LogP contribution in [-0.4, -0.2) is 26.0 Å².